The first kappa shape index (κ1) is 13.9. The monoisotopic (exact) mass is 272 g/mol. The van der Waals surface area contributed by atoms with Gasteiger partial charge in [-0.3, -0.25) is 0 Å². The van der Waals surface area contributed by atoms with Gasteiger partial charge in [-0.1, -0.05) is 12.6 Å². The molecule has 0 aliphatic rings. The molecule has 5 N–H and O–H groups in total. The minimum absolute atomic E-state index is 0.179. The van der Waals surface area contributed by atoms with Gasteiger partial charge in [0.1, 0.15) is 5.82 Å². The number of aromatic nitrogens is 1. The van der Waals surface area contributed by atoms with E-state index in [1.807, 2.05) is 32.0 Å². The van der Waals surface area contributed by atoms with Crippen LogP contribution in [0.1, 0.15) is 16.7 Å². The average molecular weight is 272 g/mol. The second-order valence-corrected chi connectivity index (χ2v) is 4.70. The van der Waals surface area contributed by atoms with Gasteiger partial charge in [-0.05, 0) is 43.2 Å². The van der Waals surface area contributed by atoms with Crippen molar-refractivity contribution in [1.82, 2.24) is 4.98 Å². The number of pyridine rings is 1. The van der Waals surface area contributed by atoms with E-state index < -0.39 is 5.82 Å². The fourth-order valence-electron chi connectivity index (χ4n) is 1.80. The van der Waals surface area contributed by atoms with Crippen LogP contribution in [0.25, 0.3) is 5.70 Å². The molecule has 5 heteroatoms. The van der Waals surface area contributed by atoms with E-state index in [2.05, 4.69) is 16.9 Å². The third-order valence-electron chi connectivity index (χ3n) is 3.12. The van der Waals surface area contributed by atoms with Crippen molar-refractivity contribution in [1.29, 1.82) is 0 Å². The molecule has 104 valence electrons. The Morgan fingerprint density at radius 3 is 2.55 bits per heavy atom. The minimum atomic E-state index is -0.614. The predicted molar refractivity (Wildman–Crippen MR) is 81.0 cm³/mol. The molecule has 2 rings (SSSR count). The van der Waals surface area contributed by atoms with E-state index in [1.54, 1.807) is 0 Å². The lowest BCUT2D eigenvalue weighted by Gasteiger charge is -2.13. The highest BCUT2D eigenvalue weighted by atomic mass is 19.1. The summed E-state index contributed by atoms with van der Waals surface area (Å²) in [6.07, 6.45) is 0. The quantitative estimate of drug-likeness (QED) is 0.802. The summed E-state index contributed by atoms with van der Waals surface area (Å²) in [6, 6.07) is 7.10. The Hall–Kier alpha value is -2.56. The van der Waals surface area contributed by atoms with Gasteiger partial charge < -0.3 is 16.8 Å². The van der Waals surface area contributed by atoms with Crippen molar-refractivity contribution in [2.75, 3.05) is 11.1 Å². The lowest BCUT2D eigenvalue weighted by molar-refractivity contribution is 0.627. The highest BCUT2D eigenvalue weighted by Gasteiger charge is 2.11. The second kappa shape index (κ2) is 5.21. The Balaban J connectivity index is 2.44. The van der Waals surface area contributed by atoms with Crippen LogP contribution in [0.3, 0.4) is 0 Å². The smallest absolute Gasteiger partial charge is 0.166 e. The first-order valence-corrected chi connectivity index (χ1v) is 6.13. The number of hydrogen-bond acceptors (Lipinski definition) is 4. The standard InChI is InChI=1S/C15H17FN4/c1-8-4-5-11(6-9(8)2)19-15-12(10(3)17)7-13(16)14(18)20-15/h4-7H,3,17H2,1-2H3,(H3,18,19,20). The number of nitrogen functional groups attached to an aromatic ring is 1. The van der Waals surface area contributed by atoms with Crippen LogP contribution in [0.4, 0.5) is 21.7 Å². The topological polar surface area (TPSA) is 77.0 Å². The van der Waals surface area contributed by atoms with Crippen LogP contribution in [0, 0.1) is 19.7 Å². The minimum Gasteiger partial charge on any atom is -0.399 e. The Morgan fingerprint density at radius 1 is 1.25 bits per heavy atom. The van der Waals surface area contributed by atoms with Crippen molar-refractivity contribution in [3.63, 3.8) is 0 Å². The maximum absolute atomic E-state index is 13.5. The van der Waals surface area contributed by atoms with Gasteiger partial charge in [-0.2, -0.15) is 0 Å². The van der Waals surface area contributed by atoms with Gasteiger partial charge in [0.15, 0.2) is 11.6 Å². The molecule has 0 saturated carbocycles. The van der Waals surface area contributed by atoms with Crippen LogP contribution in [0.5, 0.6) is 0 Å². The predicted octanol–water partition coefficient (Wildman–Crippen LogP) is 3.09. The van der Waals surface area contributed by atoms with E-state index in [-0.39, 0.29) is 11.5 Å². The van der Waals surface area contributed by atoms with E-state index in [0.717, 1.165) is 11.3 Å². The molecule has 0 spiro atoms. The first-order valence-electron chi connectivity index (χ1n) is 6.13. The summed E-state index contributed by atoms with van der Waals surface area (Å²) in [5.41, 5.74) is 14.9. The van der Waals surface area contributed by atoms with Crippen LogP contribution in [0.2, 0.25) is 0 Å². The molecule has 1 heterocycles. The zero-order chi connectivity index (χ0) is 14.9. The number of halogens is 1. The van der Waals surface area contributed by atoms with Gasteiger partial charge >= 0.3 is 0 Å². The fraction of sp³-hybridized carbons (Fsp3) is 0.133. The first-order chi connectivity index (χ1) is 9.38. The SMILES string of the molecule is C=C(N)c1cc(F)c(N)nc1Nc1ccc(C)c(C)c1. The molecule has 0 radical (unpaired) electrons. The summed E-state index contributed by atoms with van der Waals surface area (Å²) in [4.78, 5) is 3.99. The highest BCUT2D eigenvalue weighted by Crippen LogP contribution is 2.26. The summed E-state index contributed by atoms with van der Waals surface area (Å²) >= 11 is 0. The van der Waals surface area contributed by atoms with Gasteiger partial charge in [0.05, 0.1) is 0 Å². The van der Waals surface area contributed by atoms with Gasteiger partial charge in [-0.15, -0.1) is 0 Å². The number of rotatable bonds is 3. The molecule has 4 nitrogen and oxygen atoms in total. The molecule has 2 aromatic rings. The average Bonchev–Trinajstić information content (AvgIpc) is 2.37. The van der Waals surface area contributed by atoms with E-state index in [4.69, 9.17) is 11.5 Å². The number of benzene rings is 1. The van der Waals surface area contributed by atoms with Gasteiger partial charge in [0.2, 0.25) is 0 Å². The molecule has 0 unspecified atom stereocenters. The van der Waals surface area contributed by atoms with Crippen molar-refractivity contribution in [3.8, 4) is 0 Å². The van der Waals surface area contributed by atoms with E-state index in [1.165, 1.54) is 11.6 Å². The lowest BCUT2D eigenvalue weighted by atomic mass is 10.1. The van der Waals surface area contributed by atoms with Gasteiger partial charge in [0, 0.05) is 16.9 Å². The Kier molecular flexibility index (Phi) is 3.61. The maximum Gasteiger partial charge on any atom is 0.166 e. The molecule has 1 aromatic heterocycles. The van der Waals surface area contributed by atoms with Crippen molar-refractivity contribution in [2.45, 2.75) is 13.8 Å². The van der Waals surface area contributed by atoms with E-state index in [9.17, 15) is 4.39 Å². The van der Waals surface area contributed by atoms with Gasteiger partial charge in [-0.25, -0.2) is 9.37 Å². The fourth-order valence-corrected chi connectivity index (χ4v) is 1.80. The normalized spacial score (nSPS) is 10.3. The van der Waals surface area contributed by atoms with Crippen LogP contribution in [0.15, 0.2) is 30.8 Å². The summed E-state index contributed by atoms with van der Waals surface area (Å²) in [5.74, 6) is -0.404. The zero-order valence-electron chi connectivity index (χ0n) is 11.5. The zero-order valence-corrected chi connectivity index (χ0v) is 11.5. The number of aryl methyl sites for hydroxylation is 2. The maximum atomic E-state index is 13.5. The van der Waals surface area contributed by atoms with Crippen molar-refractivity contribution in [2.24, 2.45) is 5.73 Å². The van der Waals surface area contributed by atoms with Crippen LogP contribution >= 0.6 is 0 Å². The summed E-state index contributed by atoms with van der Waals surface area (Å²) < 4.78 is 13.5. The molecule has 0 fully saturated rings. The molecule has 1 aromatic carbocycles. The van der Waals surface area contributed by atoms with Crippen molar-refractivity contribution >= 4 is 23.0 Å². The van der Waals surface area contributed by atoms with Crippen LogP contribution < -0.4 is 16.8 Å². The number of nitrogens with one attached hydrogen (secondary N) is 1. The third-order valence-corrected chi connectivity index (χ3v) is 3.12. The highest BCUT2D eigenvalue weighted by molar-refractivity contribution is 5.75. The number of hydrogen-bond donors (Lipinski definition) is 3. The molecule has 0 aliphatic carbocycles. The lowest BCUT2D eigenvalue weighted by Crippen LogP contribution is -2.07. The number of nitrogens with zero attached hydrogens (tertiary/aromatic N) is 1. The van der Waals surface area contributed by atoms with Crippen LogP contribution in [-0.4, -0.2) is 4.98 Å². The molecule has 20 heavy (non-hydrogen) atoms. The molecule has 0 saturated heterocycles. The third kappa shape index (κ3) is 2.71. The van der Waals surface area contributed by atoms with Crippen molar-refractivity contribution in [3.05, 3.63) is 53.4 Å². The number of nitrogens with two attached hydrogens (primary N) is 2. The van der Waals surface area contributed by atoms with Crippen LogP contribution in [-0.2, 0) is 0 Å². The Morgan fingerprint density at radius 2 is 1.95 bits per heavy atom. The molecular formula is C15H17FN4. The Labute approximate surface area is 117 Å². The molecule has 0 atom stereocenters. The summed E-state index contributed by atoms with van der Waals surface area (Å²) in [6.45, 7) is 7.66. The van der Waals surface area contributed by atoms with Gasteiger partial charge in [0.25, 0.3) is 0 Å². The molecular weight excluding hydrogens is 255 g/mol. The molecule has 0 bridgehead atoms. The van der Waals surface area contributed by atoms with E-state index in [0.29, 0.717) is 11.4 Å². The summed E-state index contributed by atoms with van der Waals surface area (Å²) in [7, 11) is 0. The largest absolute Gasteiger partial charge is 0.399 e. The Bertz CT molecular complexity index is 680. The van der Waals surface area contributed by atoms with Crippen molar-refractivity contribution < 1.29 is 4.39 Å². The molecule has 0 amide bonds. The molecule has 0 aliphatic heterocycles. The summed E-state index contributed by atoms with van der Waals surface area (Å²) in [5, 5.41) is 3.09. The second-order valence-electron chi connectivity index (χ2n) is 4.70. The number of anilines is 3. The van der Waals surface area contributed by atoms with E-state index >= 15 is 0 Å².